The lowest BCUT2D eigenvalue weighted by Gasteiger charge is -2.30. The van der Waals surface area contributed by atoms with E-state index in [2.05, 4.69) is 10.3 Å². The highest BCUT2D eigenvalue weighted by molar-refractivity contribution is 6.05. The van der Waals surface area contributed by atoms with Crippen molar-refractivity contribution in [2.45, 2.75) is 19.0 Å². The Morgan fingerprint density at radius 2 is 1.63 bits per heavy atom. The number of anilines is 1. The lowest BCUT2D eigenvalue weighted by atomic mass is 9.97. The van der Waals surface area contributed by atoms with E-state index in [4.69, 9.17) is 0 Å². The summed E-state index contributed by atoms with van der Waals surface area (Å²) in [6.07, 6.45) is 1.94. The first-order chi connectivity index (χ1) is 14.6. The summed E-state index contributed by atoms with van der Waals surface area (Å²) >= 11 is 0. The van der Waals surface area contributed by atoms with E-state index in [9.17, 15) is 9.59 Å². The average Bonchev–Trinajstić information content (AvgIpc) is 3.33. The summed E-state index contributed by atoms with van der Waals surface area (Å²) in [5.74, 6) is -0.344. The molecule has 2 amide bonds. The van der Waals surface area contributed by atoms with Crippen molar-refractivity contribution in [3.8, 4) is 0 Å². The van der Waals surface area contributed by atoms with E-state index in [-0.39, 0.29) is 17.9 Å². The minimum atomic E-state index is -0.649. The maximum atomic E-state index is 13.4. The second-order valence-electron chi connectivity index (χ2n) is 7.52. The van der Waals surface area contributed by atoms with Crippen LogP contribution in [-0.4, -0.2) is 27.7 Å². The minimum Gasteiger partial charge on any atom is -0.361 e. The van der Waals surface area contributed by atoms with Crippen LogP contribution in [0.4, 0.5) is 5.69 Å². The Balaban J connectivity index is 1.57. The molecule has 2 atom stereocenters. The molecule has 4 aromatic rings. The number of para-hydroxylation sites is 2. The van der Waals surface area contributed by atoms with Crippen molar-refractivity contribution in [2.75, 3.05) is 5.32 Å². The highest BCUT2D eigenvalue weighted by Gasteiger charge is 2.42. The quantitative estimate of drug-likeness (QED) is 0.524. The van der Waals surface area contributed by atoms with E-state index in [1.54, 1.807) is 11.8 Å². The van der Waals surface area contributed by atoms with Crippen LogP contribution in [0.5, 0.6) is 0 Å². The zero-order valence-corrected chi connectivity index (χ0v) is 16.5. The van der Waals surface area contributed by atoms with Crippen LogP contribution in [-0.2, 0) is 4.79 Å². The van der Waals surface area contributed by atoms with Crippen molar-refractivity contribution in [3.63, 3.8) is 0 Å². The minimum absolute atomic E-state index is 0.128. The van der Waals surface area contributed by atoms with Gasteiger partial charge in [0.15, 0.2) is 0 Å². The summed E-state index contributed by atoms with van der Waals surface area (Å²) in [5, 5.41) is 3.98. The zero-order chi connectivity index (χ0) is 20.7. The van der Waals surface area contributed by atoms with E-state index < -0.39 is 6.04 Å². The van der Waals surface area contributed by atoms with Gasteiger partial charge in [-0.1, -0.05) is 54.6 Å². The second-order valence-corrected chi connectivity index (χ2v) is 7.52. The van der Waals surface area contributed by atoms with Crippen molar-refractivity contribution >= 4 is 28.4 Å². The number of aromatic nitrogens is 1. The third-order valence-corrected chi connectivity index (χ3v) is 5.75. The van der Waals surface area contributed by atoms with Crippen LogP contribution >= 0.6 is 0 Å². The monoisotopic (exact) mass is 395 g/mol. The van der Waals surface area contributed by atoms with E-state index in [1.165, 1.54) is 0 Å². The predicted molar refractivity (Wildman–Crippen MR) is 117 cm³/mol. The fourth-order valence-corrected chi connectivity index (χ4v) is 4.27. The largest absolute Gasteiger partial charge is 0.361 e. The molecule has 148 valence electrons. The Morgan fingerprint density at radius 1 is 0.933 bits per heavy atom. The summed E-state index contributed by atoms with van der Waals surface area (Å²) in [6, 6.07) is 23.9. The van der Waals surface area contributed by atoms with Crippen molar-refractivity contribution in [1.82, 2.24) is 9.88 Å². The van der Waals surface area contributed by atoms with Crippen molar-refractivity contribution < 1.29 is 9.59 Å². The number of hydrogen-bond acceptors (Lipinski definition) is 2. The zero-order valence-electron chi connectivity index (χ0n) is 16.5. The molecule has 0 unspecified atom stereocenters. The fourth-order valence-electron chi connectivity index (χ4n) is 4.27. The second kappa shape index (κ2) is 7.19. The molecule has 1 aliphatic heterocycles. The van der Waals surface area contributed by atoms with Crippen LogP contribution in [0.25, 0.3) is 10.9 Å². The molecule has 5 nitrogen and oxygen atoms in total. The molecule has 1 aliphatic rings. The summed E-state index contributed by atoms with van der Waals surface area (Å²) in [6.45, 7) is 1.78. The first-order valence-corrected chi connectivity index (χ1v) is 9.98. The van der Waals surface area contributed by atoms with Gasteiger partial charge in [0.25, 0.3) is 5.91 Å². The molecule has 0 saturated carbocycles. The third-order valence-electron chi connectivity index (χ3n) is 5.75. The number of hydrogen-bond donors (Lipinski definition) is 2. The van der Waals surface area contributed by atoms with Crippen molar-refractivity contribution in [1.29, 1.82) is 0 Å². The number of carbonyl (C=O) groups is 2. The summed E-state index contributed by atoms with van der Waals surface area (Å²) in [5.41, 5.74) is 4.27. The molecule has 0 saturated heterocycles. The van der Waals surface area contributed by atoms with Crippen LogP contribution in [0.15, 0.2) is 85.1 Å². The Labute approximate surface area is 174 Å². The first kappa shape index (κ1) is 18.2. The molecule has 30 heavy (non-hydrogen) atoms. The molecule has 0 aliphatic carbocycles. The normalized spacial score (nSPS) is 16.5. The molecule has 0 spiro atoms. The maximum absolute atomic E-state index is 13.4. The smallest absolute Gasteiger partial charge is 0.255 e. The van der Waals surface area contributed by atoms with E-state index in [0.29, 0.717) is 11.3 Å². The number of nitrogens with zero attached hydrogens (tertiary/aromatic N) is 1. The number of H-pyrrole nitrogens is 1. The summed E-state index contributed by atoms with van der Waals surface area (Å²) in [4.78, 5) is 31.4. The van der Waals surface area contributed by atoms with Gasteiger partial charge in [0.1, 0.15) is 6.04 Å². The van der Waals surface area contributed by atoms with E-state index in [0.717, 1.165) is 22.0 Å². The van der Waals surface area contributed by atoms with Gasteiger partial charge >= 0.3 is 0 Å². The van der Waals surface area contributed by atoms with Gasteiger partial charge in [-0.3, -0.25) is 9.59 Å². The molecule has 5 rings (SSSR count). The van der Waals surface area contributed by atoms with E-state index in [1.807, 2.05) is 85.1 Å². The number of rotatable bonds is 4. The van der Waals surface area contributed by atoms with Gasteiger partial charge in [0, 0.05) is 33.9 Å². The molecule has 0 radical (unpaired) electrons. The molecule has 3 aromatic carbocycles. The topological polar surface area (TPSA) is 65.2 Å². The molecule has 2 heterocycles. The van der Waals surface area contributed by atoms with Gasteiger partial charge in [-0.15, -0.1) is 0 Å². The Kier molecular flexibility index (Phi) is 4.36. The van der Waals surface area contributed by atoms with Gasteiger partial charge in [0.2, 0.25) is 5.91 Å². The standard InChI is InChI=1S/C25H21N3O2/c1-16(24(29)27-17-9-3-2-4-10-17)28-23(19-12-5-6-13-20(19)25(28)30)21-15-26-22-14-8-7-11-18(21)22/h2-16,23,26H,1H3,(H,27,29)/t16-,23-/m1/s1. The van der Waals surface area contributed by atoms with Crippen molar-refractivity contribution in [2.24, 2.45) is 0 Å². The molecule has 0 fully saturated rings. The van der Waals surface area contributed by atoms with Gasteiger partial charge in [-0.25, -0.2) is 0 Å². The fraction of sp³-hybridized carbons (Fsp3) is 0.120. The number of amides is 2. The van der Waals surface area contributed by atoms with Crippen LogP contribution in [0.1, 0.15) is 34.5 Å². The van der Waals surface area contributed by atoms with Gasteiger partial charge in [-0.05, 0) is 36.8 Å². The lowest BCUT2D eigenvalue weighted by Crippen LogP contribution is -2.44. The molecule has 0 bridgehead atoms. The molecular formula is C25H21N3O2. The van der Waals surface area contributed by atoms with Gasteiger partial charge < -0.3 is 15.2 Å². The molecule has 2 N–H and O–H groups in total. The Hall–Kier alpha value is -3.86. The number of aromatic amines is 1. The van der Waals surface area contributed by atoms with Crippen molar-refractivity contribution in [3.05, 3.63) is 102 Å². The SMILES string of the molecule is C[C@H](C(=O)Nc1ccccc1)N1C(=O)c2ccccc2[C@@H]1c1c[nH]c2ccccc12. The number of carbonyl (C=O) groups excluding carboxylic acids is 2. The van der Waals surface area contributed by atoms with Crippen LogP contribution < -0.4 is 5.32 Å². The highest BCUT2D eigenvalue weighted by Crippen LogP contribution is 2.42. The number of benzene rings is 3. The first-order valence-electron chi connectivity index (χ1n) is 9.98. The predicted octanol–water partition coefficient (Wildman–Crippen LogP) is 4.74. The van der Waals surface area contributed by atoms with Crippen LogP contribution in [0, 0.1) is 0 Å². The summed E-state index contributed by atoms with van der Waals surface area (Å²) in [7, 11) is 0. The Morgan fingerprint density at radius 3 is 2.47 bits per heavy atom. The molecular weight excluding hydrogens is 374 g/mol. The summed E-state index contributed by atoms with van der Waals surface area (Å²) < 4.78 is 0. The molecule has 5 heteroatoms. The number of fused-ring (bicyclic) bond motifs is 2. The van der Waals surface area contributed by atoms with Crippen LogP contribution in [0.2, 0.25) is 0 Å². The lowest BCUT2D eigenvalue weighted by molar-refractivity contribution is -0.120. The van der Waals surface area contributed by atoms with Crippen LogP contribution in [0.3, 0.4) is 0 Å². The van der Waals surface area contributed by atoms with Gasteiger partial charge in [-0.2, -0.15) is 0 Å². The van der Waals surface area contributed by atoms with Gasteiger partial charge in [0.05, 0.1) is 6.04 Å². The molecule has 1 aromatic heterocycles. The van der Waals surface area contributed by atoms with E-state index >= 15 is 0 Å². The maximum Gasteiger partial charge on any atom is 0.255 e. The Bertz CT molecular complexity index is 1250. The third kappa shape index (κ3) is 2.87. The number of nitrogens with one attached hydrogen (secondary N) is 2. The average molecular weight is 395 g/mol. The highest BCUT2D eigenvalue weighted by atomic mass is 16.2.